The van der Waals surface area contributed by atoms with Gasteiger partial charge in [-0.05, 0) is 38.0 Å². The van der Waals surface area contributed by atoms with Crippen molar-refractivity contribution in [2.24, 2.45) is 0 Å². The first-order chi connectivity index (χ1) is 12.5. The molecule has 1 aliphatic heterocycles. The van der Waals surface area contributed by atoms with Gasteiger partial charge in [-0.3, -0.25) is 14.9 Å². The van der Waals surface area contributed by atoms with Gasteiger partial charge in [-0.25, -0.2) is 0 Å². The SMILES string of the molecule is Cc1c(C(=O)Nc2cccc(OCC3CCCO3)c2)cccc1[N+](=O)[O-]. The summed E-state index contributed by atoms with van der Waals surface area (Å²) in [5, 5.41) is 13.8. The fraction of sp³-hybridized carbons (Fsp3) is 0.316. The van der Waals surface area contributed by atoms with Crippen LogP contribution in [-0.2, 0) is 4.74 Å². The predicted molar refractivity (Wildman–Crippen MR) is 96.7 cm³/mol. The Bertz CT molecular complexity index is 815. The number of nitrogens with one attached hydrogen (secondary N) is 1. The number of anilines is 1. The van der Waals surface area contributed by atoms with E-state index in [1.807, 2.05) is 6.07 Å². The van der Waals surface area contributed by atoms with Gasteiger partial charge < -0.3 is 14.8 Å². The third-order valence-corrected chi connectivity index (χ3v) is 4.30. The molecule has 26 heavy (non-hydrogen) atoms. The minimum Gasteiger partial charge on any atom is -0.491 e. The monoisotopic (exact) mass is 356 g/mol. The number of carbonyl (C=O) groups is 1. The lowest BCUT2D eigenvalue weighted by Crippen LogP contribution is -2.16. The highest BCUT2D eigenvalue weighted by atomic mass is 16.6. The summed E-state index contributed by atoms with van der Waals surface area (Å²) in [6, 6.07) is 11.5. The van der Waals surface area contributed by atoms with Crippen molar-refractivity contribution in [3.8, 4) is 5.75 Å². The zero-order valence-corrected chi connectivity index (χ0v) is 14.4. The molecule has 3 rings (SSSR count). The van der Waals surface area contributed by atoms with Crippen LogP contribution in [0.15, 0.2) is 42.5 Å². The van der Waals surface area contributed by atoms with Crippen molar-refractivity contribution in [2.45, 2.75) is 25.9 Å². The van der Waals surface area contributed by atoms with E-state index < -0.39 is 10.8 Å². The van der Waals surface area contributed by atoms with Crippen LogP contribution in [0, 0.1) is 17.0 Å². The molecule has 0 saturated carbocycles. The smallest absolute Gasteiger partial charge is 0.273 e. The van der Waals surface area contributed by atoms with Crippen molar-refractivity contribution < 1.29 is 19.2 Å². The molecule has 1 unspecified atom stereocenters. The number of nitro groups is 1. The summed E-state index contributed by atoms with van der Waals surface area (Å²) < 4.78 is 11.2. The number of amides is 1. The predicted octanol–water partition coefficient (Wildman–Crippen LogP) is 3.71. The van der Waals surface area contributed by atoms with Crippen molar-refractivity contribution in [1.82, 2.24) is 0 Å². The van der Waals surface area contributed by atoms with Gasteiger partial charge >= 0.3 is 0 Å². The normalized spacial score (nSPS) is 16.3. The summed E-state index contributed by atoms with van der Waals surface area (Å²) in [5.74, 6) is 0.233. The number of carbonyl (C=O) groups excluding carboxylic acids is 1. The van der Waals surface area contributed by atoms with Gasteiger partial charge in [0.2, 0.25) is 0 Å². The lowest BCUT2D eigenvalue weighted by Gasteiger charge is -2.13. The lowest BCUT2D eigenvalue weighted by molar-refractivity contribution is -0.385. The second-order valence-electron chi connectivity index (χ2n) is 6.13. The van der Waals surface area contributed by atoms with Gasteiger partial charge in [-0.2, -0.15) is 0 Å². The molecule has 2 aromatic carbocycles. The second kappa shape index (κ2) is 7.97. The first-order valence-corrected chi connectivity index (χ1v) is 8.44. The van der Waals surface area contributed by atoms with Crippen LogP contribution in [0.25, 0.3) is 0 Å². The van der Waals surface area contributed by atoms with Crippen LogP contribution >= 0.6 is 0 Å². The maximum atomic E-state index is 12.5. The van der Waals surface area contributed by atoms with Gasteiger partial charge in [0, 0.05) is 35.6 Å². The first-order valence-electron chi connectivity index (χ1n) is 8.44. The molecule has 0 radical (unpaired) electrons. The summed E-state index contributed by atoms with van der Waals surface area (Å²) in [7, 11) is 0. The zero-order valence-electron chi connectivity index (χ0n) is 14.4. The van der Waals surface area contributed by atoms with E-state index >= 15 is 0 Å². The van der Waals surface area contributed by atoms with Crippen LogP contribution in [0.2, 0.25) is 0 Å². The van der Waals surface area contributed by atoms with E-state index in [0.717, 1.165) is 19.4 Å². The maximum absolute atomic E-state index is 12.5. The molecule has 1 heterocycles. The average Bonchev–Trinajstić information content (AvgIpc) is 3.13. The van der Waals surface area contributed by atoms with Gasteiger partial charge in [-0.1, -0.05) is 12.1 Å². The van der Waals surface area contributed by atoms with E-state index in [1.165, 1.54) is 12.1 Å². The Morgan fingerprint density at radius 3 is 2.88 bits per heavy atom. The Kier molecular flexibility index (Phi) is 5.48. The summed E-state index contributed by atoms with van der Waals surface area (Å²) >= 11 is 0. The number of benzene rings is 2. The van der Waals surface area contributed by atoms with Gasteiger partial charge in [0.15, 0.2) is 0 Å². The Labute approximate surface area is 151 Å². The first kappa shape index (κ1) is 17.9. The average molecular weight is 356 g/mol. The lowest BCUT2D eigenvalue weighted by atomic mass is 10.1. The summed E-state index contributed by atoms with van der Waals surface area (Å²) in [6.07, 6.45) is 2.15. The molecule has 1 N–H and O–H groups in total. The molecule has 1 aliphatic rings. The Morgan fingerprint density at radius 2 is 2.15 bits per heavy atom. The van der Waals surface area contributed by atoms with Gasteiger partial charge in [0.25, 0.3) is 11.6 Å². The maximum Gasteiger partial charge on any atom is 0.273 e. The van der Waals surface area contributed by atoms with Crippen molar-refractivity contribution in [3.63, 3.8) is 0 Å². The highest BCUT2D eigenvalue weighted by molar-refractivity contribution is 6.05. The molecule has 1 fully saturated rings. The van der Waals surface area contributed by atoms with Crippen molar-refractivity contribution in [1.29, 1.82) is 0 Å². The molecule has 7 nitrogen and oxygen atoms in total. The third-order valence-electron chi connectivity index (χ3n) is 4.30. The molecule has 136 valence electrons. The molecule has 0 spiro atoms. The Hall–Kier alpha value is -2.93. The molecule has 1 saturated heterocycles. The molecule has 7 heteroatoms. The van der Waals surface area contributed by atoms with E-state index in [1.54, 1.807) is 31.2 Å². The summed E-state index contributed by atoms with van der Waals surface area (Å²) in [6.45, 7) is 2.81. The van der Waals surface area contributed by atoms with E-state index in [2.05, 4.69) is 5.32 Å². The number of nitro benzene ring substituents is 1. The van der Waals surface area contributed by atoms with Crippen molar-refractivity contribution >= 4 is 17.3 Å². The molecule has 1 amide bonds. The number of ether oxygens (including phenoxy) is 2. The minimum atomic E-state index is -0.494. The van der Waals surface area contributed by atoms with E-state index in [4.69, 9.17) is 9.47 Å². The molecular weight excluding hydrogens is 336 g/mol. The van der Waals surface area contributed by atoms with Crippen LogP contribution in [0.5, 0.6) is 5.75 Å². The molecule has 0 aliphatic carbocycles. The van der Waals surface area contributed by atoms with Crippen molar-refractivity contribution in [3.05, 3.63) is 63.7 Å². The highest BCUT2D eigenvalue weighted by Gasteiger charge is 2.18. The molecule has 1 atom stereocenters. The zero-order chi connectivity index (χ0) is 18.5. The van der Waals surface area contributed by atoms with E-state index in [-0.39, 0.29) is 17.4 Å². The second-order valence-corrected chi connectivity index (χ2v) is 6.13. The molecule has 0 aromatic heterocycles. The minimum absolute atomic E-state index is 0.0775. The number of nitrogens with zero attached hydrogens (tertiary/aromatic N) is 1. The van der Waals surface area contributed by atoms with Gasteiger partial charge in [0.1, 0.15) is 12.4 Å². The molecular formula is C19H20N2O5. The Morgan fingerprint density at radius 1 is 1.35 bits per heavy atom. The van der Waals surface area contributed by atoms with Crippen LogP contribution < -0.4 is 10.1 Å². The van der Waals surface area contributed by atoms with Gasteiger partial charge in [-0.15, -0.1) is 0 Å². The summed E-state index contributed by atoms with van der Waals surface area (Å²) in [5.41, 5.74) is 1.09. The number of hydrogen-bond donors (Lipinski definition) is 1. The van der Waals surface area contributed by atoms with Crippen molar-refractivity contribution in [2.75, 3.05) is 18.5 Å². The van der Waals surface area contributed by atoms with Gasteiger partial charge in [0.05, 0.1) is 11.0 Å². The number of rotatable bonds is 6. The Balaban J connectivity index is 1.68. The van der Waals surface area contributed by atoms with Crippen LogP contribution in [0.1, 0.15) is 28.8 Å². The standard InChI is InChI=1S/C19H20N2O5/c1-13-17(8-3-9-18(13)21(23)24)19(22)20-14-5-2-6-15(11-14)26-12-16-7-4-10-25-16/h2-3,5-6,8-9,11,16H,4,7,10,12H2,1H3,(H,20,22). The molecule has 0 bridgehead atoms. The van der Waals surface area contributed by atoms with Crippen LogP contribution in [0.3, 0.4) is 0 Å². The van der Waals surface area contributed by atoms with E-state index in [0.29, 0.717) is 23.6 Å². The largest absolute Gasteiger partial charge is 0.491 e. The highest BCUT2D eigenvalue weighted by Crippen LogP contribution is 2.24. The molecule has 2 aromatic rings. The number of hydrogen-bond acceptors (Lipinski definition) is 5. The fourth-order valence-corrected chi connectivity index (χ4v) is 2.89. The fourth-order valence-electron chi connectivity index (χ4n) is 2.89. The van der Waals surface area contributed by atoms with E-state index in [9.17, 15) is 14.9 Å². The topological polar surface area (TPSA) is 90.7 Å². The third kappa shape index (κ3) is 4.18. The van der Waals surface area contributed by atoms with Crippen LogP contribution in [0.4, 0.5) is 11.4 Å². The van der Waals surface area contributed by atoms with Crippen LogP contribution in [-0.4, -0.2) is 30.1 Å². The summed E-state index contributed by atoms with van der Waals surface area (Å²) in [4.78, 5) is 23.0. The quantitative estimate of drug-likeness (QED) is 0.629.